The molecule has 96 valence electrons. The van der Waals surface area contributed by atoms with Gasteiger partial charge in [0.15, 0.2) is 0 Å². The molecule has 0 amide bonds. The first-order valence-corrected chi connectivity index (χ1v) is 6.08. The average molecular weight is 227 g/mol. The molecule has 3 nitrogen and oxygen atoms in total. The van der Waals surface area contributed by atoms with Crippen LogP contribution in [0.25, 0.3) is 0 Å². The summed E-state index contributed by atoms with van der Waals surface area (Å²) in [4.78, 5) is 2.36. The molecule has 0 aliphatic heterocycles. The first-order chi connectivity index (χ1) is 7.04. The van der Waals surface area contributed by atoms with Gasteiger partial charge in [0, 0.05) is 12.0 Å². The third kappa shape index (κ3) is 6.83. The van der Waals surface area contributed by atoms with Crippen LogP contribution in [0.4, 0.5) is 0 Å². The fraction of sp³-hybridized carbons (Fsp3) is 0.923. The van der Waals surface area contributed by atoms with E-state index in [0.717, 1.165) is 25.9 Å². The van der Waals surface area contributed by atoms with Crippen molar-refractivity contribution >= 4 is 5.84 Å². The largest absolute Gasteiger partial charge is 0.387 e. The van der Waals surface area contributed by atoms with Crippen LogP contribution in [0.3, 0.4) is 0 Å². The SMILES string of the molecule is CN(CCCC(C)(C)C(=N)N)CC(C)(C)C. The Morgan fingerprint density at radius 1 is 1.19 bits per heavy atom. The molecule has 0 bridgehead atoms. The quantitative estimate of drug-likeness (QED) is 0.541. The van der Waals surface area contributed by atoms with Crippen LogP contribution in [0, 0.1) is 16.2 Å². The van der Waals surface area contributed by atoms with E-state index in [-0.39, 0.29) is 5.41 Å². The lowest BCUT2D eigenvalue weighted by molar-refractivity contribution is 0.218. The van der Waals surface area contributed by atoms with Gasteiger partial charge in [-0.1, -0.05) is 34.6 Å². The smallest absolute Gasteiger partial charge is 0.0963 e. The van der Waals surface area contributed by atoms with Crippen molar-refractivity contribution in [2.75, 3.05) is 20.1 Å². The number of hydrogen-bond donors (Lipinski definition) is 2. The summed E-state index contributed by atoms with van der Waals surface area (Å²) < 4.78 is 0. The Kier molecular flexibility index (Phi) is 5.47. The molecule has 0 aliphatic rings. The standard InChI is InChI=1S/C13H29N3/c1-12(2,3)10-16(6)9-7-8-13(4,5)11(14)15/h7-10H2,1-6H3,(H3,14,15). The Hall–Kier alpha value is -0.570. The molecule has 0 saturated heterocycles. The molecule has 0 radical (unpaired) electrons. The van der Waals surface area contributed by atoms with Gasteiger partial charge in [-0.25, -0.2) is 0 Å². The average Bonchev–Trinajstić information content (AvgIpc) is 1.99. The molecule has 0 rings (SSSR count). The predicted octanol–water partition coefficient (Wildman–Crippen LogP) is 2.71. The van der Waals surface area contributed by atoms with Gasteiger partial charge < -0.3 is 10.6 Å². The molecule has 0 aromatic carbocycles. The number of nitrogens with zero attached hydrogens (tertiary/aromatic N) is 1. The summed E-state index contributed by atoms with van der Waals surface area (Å²) in [7, 11) is 2.16. The van der Waals surface area contributed by atoms with Gasteiger partial charge >= 0.3 is 0 Å². The monoisotopic (exact) mass is 227 g/mol. The van der Waals surface area contributed by atoms with Crippen LogP contribution in [0.5, 0.6) is 0 Å². The van der Waals surface area contributed by atoms with Crippen molar-refractivity contribution in [1.29, 1.82) is 5.41 Å². The molecule has 3 heteroatoms. The second-order valence-corrected chi connectivity index (χ2v) is 6.70. The van der Waals surface area contributed by atoms with E-state index in [1.165, 1.54) is 0 Å². The summed E-state index contributed by atoms with van der Waals surface area (Å²) in [5, 5.41) is 7.49. The van der Waals surface area contributed by atoms with Crippen LogP contribution in [-0.4, -0.2) is 30.9 Å². The Balaban J connectivity index is 3.87. The minimum atomic E-state index is -0.150. The van der Waals surface area contributed by atoms with Crippen molar-refractivity contribution in [3.63, 3.8) is 0 Å². The molecule has 0 heterocycles. The maximum atomic E-state index is 7.49. The molecule has 0 spiro atoms. The first-order valence-electron chi connectivity index (χ1n) is 6.08. The van der Waals surface area contributed by atoms with Gasteiger partial charge in [0.05, 0.1) is 5.84 Å². The lowest BCUT2D eigenvalue weighted by Gasteiger charge is -2.28. The highest BCUT2D eigenvalue weighted by Gasteiger charge is 2.21. The highest BCUT2D eigenvalue weighted by atomic mass is 15.1. The van der Waals surface area contributed by atoms with E-state index in [9.17, 15) is 0 Å². The van der Waals surface area contributed by atoms with Gasteiger partial charge in [-0.2, -0.15) is 0 Å². The lowest BCUT2D eigenvalue weighted by Crippen LogP contribution is -2.33. The summed E-state index contributed by atoms with van der Waals surface area (Å²) in [5.41, 5.74) is 5.76. The lowest BCUT2D eigenvalue weighted by atomic mass is 9.86. The fourth-order valence-electron chi connectivity index (χ4n) is 1.81. The maximum Gasteiger partial charge on any atom is 0.0963 e. The van der Waals surface area contributed by atoms with Gasteiger partial charge in [-0.15, -0.1) is 0 Å². The summed E-state index contributed by atoms with van der Waals surface area (Å²) in [6.07, 6.45) is 2.08. The van der Waals surface area contributed by atoms with E-state index in [2.05, 4.69) is 32.7 Å². The maximum absolute atomic E-state index is 7.49. The zero-order chi connectivity index (χ0) is 13.0. The zero-order valence-electron chi connectivity index (χ0n) is 11.9. The number of rotatable bonds is 6. The second kappa shape index (κ2) is 5.67. The van der Waals surface area contributed by atoms with Crippen LogP contribution in [-0.2, 0) is 0 Å². The summed E-state index contributed by atoms with van der Waals surface area (Å²) >= 11 is 0. The van der Waals surface area contributed by atoms with Crippen molar-refractivity contribution in [2.24, 2.45) is 16.6 Å². The molecule has 0 atom stereocenters. The van der Waals surface area contributed by atoms with Crippen LogP contribution in [0.1, 0.15) is 47.5 Å². The highest BCUT2D eigenvalue weighted by molar-refractivity contribution is 5.82. The summed E-state index contributed by atoms with van der Waals surface area (Å²) in [5.74, 6) is 0.297. The van der Waals surface area contributed by atoms with Crippen LogP contribution in [0.15, 0.2) is 0 Å². The summed E-state index contributed by atoms with van der Waals surface area (Å²) in [6.45, 7) is 13.0. The van der Waals surface area contributed by atoms with E-state index in [1.54, 1.807) is 0 Å². The van der Waals surface area contributed by atoms with E-state index in [1.807, 2.05) is 13.8 Å². The van der Waals surface area contributed by atoms with Crippen LogP contribution in [0.2, 0.25) is 0 Å². The van der Waals surface area contributed by atoms with Crippen molar-refractivity contribution in [1.82, 2.24) is 4.90 Å². The van der Waals surface area contributed by atoms with E-state index in [0.29, 0.717) is 11.3 Å². The third-order valence-electron chi connectivity index (χ3n) is 2.81. The molecule has 0 aromatic heterocycles. The Bertz CT molecular complexity index is 226. The van der Waals surface area contributed by atoms with Crippen molar-refractivity contribution in [3.8, 4) is 0 Å². The van der Waals surface area contributed by atoms with E-state index in [4.69, 9.17) is 11.1 Å². The van der Waals surface area contributed by atoms with E-state index < -0.39 is 0 Å². The first kappa shape index (κ1) is 15.4. The summed E-state index contributed by atoms with van der Waals surface area (Å²) in [6, 6.07) is 0. The van der Waals surface area contributed by atoms with Gasteiger partial charge in [0.2, 0.25) is 0 Å². The molecule has 0 saturated carbocycles. The minimum Gasteiger partial charge on any atom is -0.387 e. The Morgan fingerprint density at radius 2 is 1.69 bits per heavy atom. The highest BCUT2D eigenvalue weighted by Crippen LogP contribution is 2.22. The van der Waals surface area contributed by atoms with Crippen LogP contribution < -0.4 is 5.73 Å². The molecule has 0 fully saturated rings. The molecule has 3 N–H and O–H groups in total. The molecule has 0 unspecified atom stereocenters. The molecule has 0 aromatic rings. The molecule has 0 aliphatic carbocycles. The number of amidine groups is 1. The molecular weight excluding hydrogens is 198 g/mol. The molecule has 16 heavy (non-hydrogen) atoms. The van der Waals surface area contributed by atoms with E-state index >= 15 is 0 Å². The topological polar surface area (TPSA) is 53.1 Å². The number of nitrogens with two attached hydrogens (primary N) is 1. The Labute approximate surface area is 101 Å². The van der Waals surface area contributed by atoms with Crippen molar-refractivity contribution < 1.29 is 0 Å². The van der Waals surface area contributed by atoms with Gasteiger partial charge in [0.25, 0.3) is 0 Å². The van der Waals surface area contributed by atoms with Crippen LogP contribution >= 0.6 is 0 Å². The third-order valence-corrected chi connectivity index (χ3v) is 2.81. The minimum absolute atomic E-state index is 0.150. The predicted molar refractivity (Wildman–Crippen MR) is 71.9 cm³/mol. The normalized spacial score (nSPS) is 13.2. The second-order valence-electron chi connectivity index (χ2n) is 6.70. The van der Waals surface area contributed by atoms with Crippen molar-refractivity contribution in [2.45, 2.75) is 47.5 Å². The fourth-order valence-corrected chi connectivity index (χ4v) is 1.81. The zero-order valence-corrected chi connectivity index (χ0v) is 11.9. The molecular formula is C13H29N3. The number of hydrogen-bond acceptors (Lipinski definition) is 2. The number of nitrogens with one attached hydrogen (secondary N) is 1. The Morgan fingerprint density at radius 3 is 2.06 bits per heavy atom. The van der Waals surface area contributed by atoms with Gasteiger partial charge in [-0.05, 0) is 31.8 Å². The van der Waals surface area contributed by atoms with Gasteiger partial charge in [0.1, 0.15) is 0 Å². The van der Waals surface area contributed by atoms with Gasteiger partial charge in [-0.3, -0.25) is 5.41 Å². The van der Waals surface area contributed by atoms with Crippen molar-refractivity contribution in [3.05, 3.63) is 0 Å².